The summed E-state index contributed by atoms with van der Waals surface area (Å²) in [4.78, 5) is 0. The maximum atomic E-state index is 3.47. The van der Waals surface area contributed by atoms with Crippen molar-refractivity contribution in [3.8, 4) is 16.8 Å². The molecule has 33 heavy (non-hydrogen) atoms. The topological polar surface area (TPSA) is 4.93 Å². The van der Waals surface area contributed by atoms with E-state index in [9.17, 15) is 0 Å². The zero-order valence-corrected chi connectivity index (χ0v) is 19.2. The van der Waals surface area contributed by atoms with Gasteiger partial charge in [0, 0.05) is 22.4 Å². The molecule has 1 heteroatoms. The Bertz CT molecular complexity index is 1540. The van der Waals surface area contributed by atoms with Gasteiger partial charge in [-0.3, -0.25) is 0 Å². The first-order valence-corrected chi connectivity index (χ1v) is 11.8. The van der Waals surface area contributed by atoms with E-state index >= 15 is 0 Å². The van der Waals surface area contributed by atoms with Crippen LogP contribution in [0, 0.1) is 6.92 Å². The lowest BCUT2D eigenvalue weighted by molar-refractivity contribution is 0.716. The van der Waals surface area contributed by atoms with Gasteiger partial charge in [0.1, 0.15) is 0 Å². The second kappa shape index (κ2) is 7.96. The monoisotopic (exact) mass is 425 g/mol. The average Bonchev–Trinajstić information content (AvgIpc) is 3.18. The molecule has 1 unspecified atom stereocenters. The Morgan fingerprint density at radius 2 is 1.42 bits per heavy atom. The van der Waals surface area contributed by atoms with Crippen LogP contribution in [-0.2, 0) is 0 Å². The molecular weight excluding hydrogens is 398 g/mol. The molecule has 0 saturated carbocycles. The summed E-state index contributed by atoms with van der Waals surface area (Å²) in [6.45, 7) is 4.31. The molecule has 0 aliphatic heterocycles. The highest BCUT2D eigenvalue weighted by Gasteiger charge is 2.17. The molecule has 1 atom stereocenters. The summed E-state index contributed by atoms with van der Waals surface area (Å²) in [6.07, 6.45) is 4.55. The summed E-state index contributed by atoms with van der Waals surface area (Å²) in [5.74, 6) is 0.438. The molecule has 0 saturated heterocycles. The number of benzene rings is 4. The lowest BCUT2D eigenvalue weighted by Crippen LogP contribution is -1.99. The number of aryl methyl sites for hydroxylation is 1. The summed E-state index contributed by atoms with van der Waals surface area (Å²) < 4.78 is 2.40. The number of aromatic nitrogens is 1. The third-order valence-corrected chi connectivity index (χ3v) is 6.98. The number of nitrogens with zero attached hydrogens (tertiary/aromatic N) is 1. The third-order valence-electron chi connectivity index (χ3n) is 6.98. The molecule has 0 amide bonds. The van der Waals surface area contributed by atoms with E-state index in [-0.39, 0.29) is 0 Å². The van der Waals surface area contributed by atoms with Crippen LogP contribution >= 0.6 is 0 Å². The molecular formula is C32H27N. The van der Waals surface area contributed by atoms with Gasteiger partial charge in [0.25, 0.3) is 0 Å². The van der Waals surface area contributed by atoms with Crippen LogP contribution in [0.4, 0.5) is 0 Å². The van der Waals surface area contributed by atoms with Crippen molar-refractivity contribution in [1.29, 1.82) is 0 Å². The summed E-state index contributed by atoms with van der Waals surface area (Å²) in [6, 6.07) is 33.5. The van der Waals surface area contributed by atoms with Crippen LogP contribution < -0.4 is 0 Å². The van der Waals surface area contributed by atoms with Crippen molar-refractivity contribution in [1.82, 2.24) is 4.57 Å². The molecule has 1 aliphatic rings. The highest BCUT2D eigenvalue weighted by Crippen LogP contribution is 2.37. The minimum atomic E-state index is 0.438. The minimum Gasteiger partial charge on any atom is -0.309 e. The molecule has 1 aromatic heterocycles. The van der Waals surface area contributed by atoms with Crippen molar-refractivity contribution < 1.29 is 0 Å². The van der Waals surface area contributed by atoms with Crippen LogP contribution in [0.25, 0.3) is 38.6 Å². The molecule has 5 aromatic rings. The molecule has 1 nitrogen and oxygen atoms in total. The number of para-hydroxylation sites is 1. The Hall–Kier alpha value is -3.80. The number of allylic oxidation sites excluding steroid dienone is 1. The Morgan fingerprint density at radius 1 is 0.727 bits per heavy atom. The molecule has 0 fully saturated rings. The molecule has 1 heterocycles. The highest BCUT2D eigenvalue weighted by atomic mass is 15.0. The number of hydrogen-bond donors (Lipinski definition) is 0. The van der Waals surface area contributed by atoms with Crippen LogP contribution in [0.5, 0.6) is 0 Å². The van der Waals surface area contributed by atoms with Gasteiger partial charge in [-0.05, 0) is 91.4 Å². The fourth-order valence-corrected chi connectivity index (χ4v) is 5.09. The highest BCUT2D eigenvalue weighted by molar-refractivity contribution is 6.10. The van der Waals surface area contributed by atoms with E-state index in [1.165, 1.54) is 55.3 Å². The Balaban J connectivity index is 1.61. The zero-order chi connectivity index (χ0) is 22.4. The number of fused-ring (bicyclic) bond motifs is 3. The Kier molecular flexibility index (Phi) is 4.79. The molecule has 6 rings (SSSR count). The lowest BCUT2D eigenvalue weighted by Gasteiger charge is -2.16. The van der Waals surface area contributed by atoms with E-state index in [0.717, 1.165) is 12.8 Å². The van der Waals surface area contributed by atoms with Crippen molar-refractivity contribution in [2.24, 2.45) is 0 Å². The van der Waals surface area contributed by atoms with Crippen LogP contribution in [0.15, 0.2) is 108 Å². The maximum absolute atomic E-state index is 3.47. The fourth-order valence-electron chi connectivity index (χ4n) is 5.09. The quantitative estimate of drug-likeness (QED) is 0.255. The summed E-state index contributed by atoms with van der Waals surface area (Å²) in [5, 5.41) is 2.63. The second-order valence-corrected chi connectivity index (χ2v) is 9.28. The number of rotatable bonds is 3. The standard InChI is InChI=1S/C32H27N/c1-22-8-12-24(13-9-22)26-16-18-31-29(20-26)30-21-27(25-14-10-23(2)11-15-25)17-19-32(30)33(31)28-6-4-3-5-7-28/h3-9,12-13,15-21,25H,10,14H2,1-2H3. The molecule has 0 spiro atoms. The fraction of sp³-hybridized carbons (Fsp3) is 0.156. The summed E-state index contributed by atoms with van der Waals surface area (Å²) >= 11 is 0. The Labute approximate surface area is 195 Å². The second-order valence-electron chi connectivity index (χ2n) is 9.28. The van der Waals surface area contributed by atoms with Gasteiger partial charge >= 0.3 is 0 Å². The SMILES string of the molecule is CC1=C=CC(c2ccc3c(c2)c2cc(-c4ccc(C)cc4)ccc2n3-c2ccccc2)CC1. The largest absolute Gasteiger partial charge is 0.309 e. The normalized spacial score (nSPS) is 15.8. The molecule has 0 bridgehead atoms. The molecule has 4 aromatic carbocycles. The zero-order valence-electron chi connectivity index (χ0n) is 19.2. The van der Waals surface area contributed by atoms with Crippen LogP contribution in [0.2, 0.25) is 0 Å². The predicted molar refractivity (Wildman–Crippen MR) is 140 cm³/mol. The van der Waals surface area contributed by atoms with E-state index in [0.29, 0.717) is 5.92 Å². The van der Waals surface area contributed by atoms with E-state index in [1.54, 1.807) is 0 Å². The van der Waals surface area contributed by atoms with E-state index in [4.69, 9.17) is 0 Å². The summed E-state index contributed by atoms with van der Waals surface area (Å²) in [7, 11) is 0. The smallest absolute Gasteiger partial charge is 0.0541 e. The van der Waals surface area contributed by atoms with Gasteiger partial charge in [0.15, 0.2) is 0 Å². The van der Waals surface area contributed by atoms with Crippen LogP contribution in [0.3, 0.4) is 0 Å². The lowest BCUT2D eigenvalue weighted by atomic mass is 9.88. The van der Waals surface area contributed by atoms with Gasteiger partial charge in [-0.1, -0.05) is 60.2 Å². The van der Waals surface area contributed by atoms with Gasteiger partial charge < -0.3 is 4.57 Å². The van der Waals surface area contributed by atoms with Crippen molar-refractivity contribution in [2.45, 2.75) is 32.6 Å². The minimum absolute atomic E-state index is 0.438. The first kappa shape index (κ1) is 19.9. The Morgan fingerprint density at radius 3 is 2.15 bits per heavy atom. The third kappa shape index (κ3) is 3.52. The van der Waals surface area contributed by atoms with Crippen molar-refractivity contribution >= 4 is 21.8 Å². The van der Waals surface area contributed by atoms with Crippen LogP contribution in [0.1, 0.15) is 36.8 Å². The van der Waals surface area contributed by atoms with Gasteiger partial charge in [-0.15, -0.1) is 5.73 Å². The van der Waals surface area contributed by atoms with Gasteiger partial charge in [-0.25, -0.2) is 0 Å². The molecule has 0 N–H and O–H groups in total. The van der Waals surface area contributed by atoms with E-state index in [2.05, 4.69) is 121 Å². The molecule has 1 aliphatic carbocycles. The van der Waals surface area contributed by atoms with Crippen molar-refractivity contribution in [3.05, 3.63) is 120 Å². The van der Waals surface area contributed by atoms with Gasteiger partial charge in [0.2, 0.25) is 0 Å². The van der Waals surface area contributed by atoms with Crippen molar-refractivity contribution in [2.75, 3.05) is 0 Å². The summed E-state index contributed by atoms with van der Waals surface area (Å²) in [5.41, 5.74) is 13.7. The van der Waals surface area contributed by atoms with Gasteiger partial charge in [0.05, 0.1) is 11.0 Å². The van der Waals surface area contributed by atoms with E-state index < -0.39 is 0 Å². The molecule has 0 radical (unpaired) electrons. The molecule has 160 valence electrons. The number of hydrogen-bond acceptors (Lipinski definition) is 0. The predicted octanol–water partition coefficient (Wildman–Crippen LogP) is 8.74. The van der Waals surface area contributed by atoms with Gasteiger partial charge in [-0.2, -0.15) is 0 Å². The first-order chi connectivity index (χ1) is 16.2. The van der Waals surface area contributed by atoms with E-state index in [1.807, 2.05) is 0 Å². The van der Waals surface area contributed by atoms with Crippen LogP contribution in [-0.4, -0.2) is 4.57 Å². The van der Waals surface area contributed by atoms with Crippen molar-refractivity contribution in [3.63, 3.8) is 0 Å². The average molecular weight is 426 g/mol. The first-order valence-electron chi connectivity index (χ1n) is 11.8. The maximum Gasteiger partial charge on any atom is 0.0541 e.